The van der Waals surface area contributed by atoms with Crippen molar-refractivity contribution < 1.29 is 0 Å². The van der Waals surface area contributed by atoms with Crippen LogP contribution in [0.3, 0.4) is 0 Å². The number of nitriles is 1. The minimum absolute atomic E-state index is 0.496. The van der Waals surface area contributed by atoms with Gasteiger partial charge in [-0.25, -0.2) is 4.98 Å². The van der Waals surface area contributed by atoms with E-state index in [9.17, 15) is 0 Å². The summed E-state index contributed by atoms with van der Waals surface area (Å²) < 4.78 is 0. The van der Waals surface area contributed by atoms with Crippen LogP contribution in [0.5, 0.6) is 0 Å². The first kappa shape index (κ1) is 10.9. The topological polar surface area (TPSA) is 52.3 Å². The lowest BCUT2D eigenvalue weighted by Gasteiger charge is -2.17. The molecule has 0 spiro atoms. The fourth-order valence-electron chi connectivity index (χ4n) is 1.79. The summed E-state index contributed by atoms with van der Waals surface area (Å²) in [4.78, 5) is 9.95. The van der Waals surface area contributed by atoms with Gasteiger partial charge in [0.2, 0.25) is 6.19 Å². The molecule has 1 saturated heterocycles. The molecule has 2 heterocycles. The van der Waals surface area contributed by atoms with Crippen LogP contribution < -0.4 is 0 Å². The van der Waals surface area contributed by atoms with Crippen molar-refractivity contribution in [3.8, 4) is 6.19 Å². The molecule has 0 radical (unpaired) electrons. The maximum absolute atomic E-state index is 8.55. The standard InChI is InChI=1S/C11H11ClN4/c12-10-4-3-9(6-14-10)7-16-5-1-2-11(16)15-8-13/h3-4,6H,1-2,5,7H2. The van der Waals surface area contributed by atoms with Gasteiger partial charge in [-0.3, -0.25) is 0 Å². The molecular formula is C11H11ClN4. The van der Waals surface area contributed by atoms with Gasteiger partial charge in [0.25, 0.3) is 0 Å². The molecule has 0 bridgehead atoms. The molecule has 0 atom stereocenters. The average Bonchev–Trinajstić information content (AvgIpc) is 2.70. The van der Waals surface area contributed by atoms with E-state index in [1.807, 2.05) is 12.3 Å². The minimum atomic E-state index is 0.496. The van der Waals surface area contributed by atoms with Gasteiger partial charge in [-0.05, 0) is 18.1 Å². The molecule has 0 aliphatic carbocycles. The van der Waals surface area contributed by atoms with E-state index < -0.39 is 0 Å². The van der Waals surface area contributed by atoms with E-state index in [0.29, 0.717) is 5.15 Å². The number of likely N-dealkylation sites (tertiary alicyclic amines) is 1. The van der Waals surface area contributed by atoms with Crippen LogP contribution in [-0.2, 0) is 6.54 Å². The van der Waals surface area contributed by atoms with Crippen LogP contribution in [-0.4, -0.2) is 22.3 Å². The summed E-state index contributed by atoms with van der Waals surface area (Å²) in [6, 6.07) is 3.71. The Hall–Kier alpha value is -1.60. The van der Waals surface area contributed by atoms with Crippen molar-refractivity contribution >= 4 is 17.4 Å². The van der Waals surface area contributed by atoms with Crippen molar-refractivity contribution in [2.45, 2.75) is 19.4 Å². The summed E-state index contributed by atoms with van der Waals surface area (Å²) in [6.45, 7) is 1.69. The zero-order valence-corrected chi connectivity index (χ0v) is 9.48. The largest absolute Gasteiger partial charge is 0.355 e. The van der Waals surface area contributed by atoms with Gasteiger partial charge in [-0.1, -0.05) is 17.7 Å². The first-order valence-electron chi connectivity index (χ1n) is 5.10. The molecule has 1 aliphatic heterocycles. The number of amidine groups is 1. The van der Waals surface area contributed by atoms with Crippen LogP contribution in [0.4, 0.5) is 0 Å². The van der Waals surface area contributed by atoms with Gasteiger partial charge in [-0.15, -0.1) is 0 Å². The number of halogens is 1. The van der Waals surface area contributed by atoms with Gasteiger partial charge >= 0.3 is 0 Å². The quantitative estimate of drug-likeness (QED) is 0.582. The fraction of sp³-hybridized carbons (Fsp3) is 0.364. The van der Waals surface area contributed by atoms with Crippen LogP contribution in [0.25, 0.3) is 0 Å². The van der Waals surface area contributed by atoms with Crippen LogP contribution in [0.2, 0.25) is 5.15 Å². The number of rotatable bonds is 2. The lowest BCUT2D eigenvalue weighted by molar-refractivity contribution is 0.447. The third kappa shape index (κ3) is 2.50. The number of hydrogen-bond acceptors (Lipinski definition) is 3. The smallest absolute Gasteiger partial charge is 0.207 e. The number of aliphatic imine (C=N–C) groups is 1. The zero-order chi connectivity index (χ0) is 11.4. The Bertz CT molecular complexity index is 432. The number of hydrogen-bond donors (Lipinski definition) is 0. The van der Waals surface area contributed by atoms with Crippen molar-refractivity contribution in [2.24, 2.45) is 4.99 Å². The van der Waals surface area contributed by atoms with Crippen LogP contribution in [0.15, 0.2) is 23.3 Å². The lowest BCUT2D eigenvalue weighted by atomic mass is 10.3. The molecule has 4 nitrogen and oxygen atoms in total. The van der Waals surface area contributed by atoms with Gasteiger partial charge in [-0.2, -0.15) is 10.3 Å². The molecule has 0 N–H and O–H groups in total. The highest BCUT2D eigenvalue weighted by Crippen LogP contribution is 2.16. The van der Waals surface area contributed by atoms with Gasteiger partial charge < -0.3 is 4.90 Å². The molecule has 0 saturated carbocycles. The molecule has 0 amide bonds. The van der Waals surface area contributed by atoms with E-state index in [2.05, 4.69) is 14.9 Å². The van der Waals surface area contributed by atoms with Gasteiger partial charge in [0.15, 0.2) is 0 Å². The van der Waals surface area contributed by atoms with Crippen molar-refractivity contribution in [1.82, 2.24) is 9.88 Å². The minimum Gasteiger partial charge on any atom is -0.355 e. The third-order valence-corrected chi connectivity index (χ3v) is 2.76. The Morgan fingerprint density at radius 1 is 1.56 bits per heavy atom. The van der Waals surface area contributed by atoms with E-state index in [1.54, 1.807) is 12.3 Å². The highest BCUT2D eigenvalue weighted by Gasteiger charge is 2.18. The molecule has 0 aromatic carbocycles. The molecule has 82 valence electrons. The second-order valence-corrected chi connectivity index (χ2v) is 4.03. The Morgan fingerprint density at radius 2 is 2.44 bits per heavy atom. The Labute approximate surface area is 99.2 Å². The molecule has 16 heavy (non-hydrogen) atoms. The second-order valence-electron chi connectivity index (χ2n) is 3.64. The molecular weight excluding hydrogens is 224 g/mol. The molecule has 1 fully saturated rings. The molecule has 1 aromatic heterocycles. The van der Waals surface area contributed by atoms with E-state index in [4.69, 9.17) is 16.9 Å². The first-order chi connectivity index (χ1) is 7.79. The summed E-state index contributed by atoms with van der Waals surface area (Å²) >= 11 is 5.72. The monoisotopic (exact) mass is 234 g/mol. The summed E-state index contributed by atoms with van der Waals surface area (Å²) in [5.41, 5.74) is 1.08. The number of aromatic nitrogens is 1. The van der Waals surface area contributed by atoms with E-state index in [1.165, 1.54) is 0 Å². The Kier molecular flexibility index (Phi) is 3.37. The third-order valence-electron chi connectivity index (χ3n) is 2.53. The number of nitrogens with zero attached hydrogens (tertiary/aromatic N) is 4. The van der Waals surface area contributed by atoms with E-state index in [-0.39, 0.29) is 0 Å². The zero-order valence-electron chi connectivity index (χ0n) is 8.73. The van der Waals surface area contributed by atoms with Gasteiger partial charge in [0.1, 0.15) is 11.0 Å². The highest BCUT2D eigenvalue weighted by atomic mass is 35.5. The number of pyridine rings is 1. The average molecular weight is 235 g/mol. The van der Waals surface area contributed by atoms with Gasteiger partial charge in [0, 0.05) is 25.7 Å². The molecule has 1 aromatic rings. The SMILES string of the molecule is N#CN=C1CCCN1Cc1ccc(Cl)nc1. The molecule has 2 rings (SSSR count). The Balaban J connectivity index is 2.07. The summed E-state index contributed by atoms with van der Waals surface area (Å²) in [5.74, 6) is 0.873. The molecule has 1 aliphatic rings. The van der Waals surface area contributed by atoms with E-state index >= 15 is 0 Å². The second kappa shape index (κ2) is 4.95. The molecule has 0 unspecified atom stereocenters. The van der Waals surface area contributed by atoms with E-state index in [0.717, 1.165) is 37.3 Å². The lowest BCUT2D eigenvalue weighted by Crippen LogP contribution is -2.24. The predicted octanol–water partition coefficient (Wildman–Crippen LogP) is 2.21. The van der Waals surface area contributed by atoms with Crippen molar-refractivity contribution in [1.29, 1.82) is 5.26 Å². The maximum Gasteiger partial charge on any atom is 0.207 e. The molecule has 5 heteroatoms. The van der Waals surface area contributed by atoms with Crippen LogP contribution >= 0.6 is 11.6 Å². The van der Waals surface area contributed by atoms with Crippen molar-refractivity contribution in [3.05, 3.63) is 29.0 Å². The fourth-order valence-corrected chi connectivity index (χ4v) is 1.90. The van der Waals surface area contributed by atoms with Crippen molar-refractivity contribution in [2.75, 3.05) is 6.54 Å². The summed E-state index contributed by atoms with van der Waals surface area (Å²) in [6.07, 6.45) is 5.54. The van der Waals surface area contributed by atoms with Crippen LogP contribution in [0.1, 0.15) is 18.4 Å². The van der Waals surface area contributed by atoms with Crippen LogP contribution in [0, 0.1) is 11.5 Å². The van der Waals surface area contributed by atoms with Gasteiger partial charge in [0.05, 0.1) is 0 Å². The first-order valence-corrected chi connectivity index (χ1v) is 5.48. The summed E-state index contributed by atoms with van der Waals surface area (Å²) in [7, 11) is 0. The van der Waals surface area contributed by atoms with Crippen molar-refractivity contribution in [3.63, 3.8) is 0 Å². The normalized spacial score (nSPS) is 17.8. The predicted molar refractivity (Wildman–Crippen MR) is 61.9 cm³/mol. The summed E-state index contributed by atoms with van der Waals surface area (Å²) in [5, 5.41) is 9.05. The Morgan fingerprint density at radius 3 is 3.12 bits per heavy atom. The highest BCUT2D eigenvalue weighted by molar-refractivity contribution is 6.29. The maximum atomic E-state index is 8.55.